The number of piperidine rings is 1. The number of ether oxygens (including phenoxy) is 1. The maximum absolute atomic E-state index is 13.9. The van der Waals surface area contributed by atoms with Gasteiger partial charge in [-0.2, -0.15) is 0 Å². The van der Waals surface area contributed by atoms with Gasteiger partial charge in [0.1, 0.15) is 17.1 Å². The van der Waals surface area contributed by atoms with Gasteiger partial charge in [0.15, 0.2) is 0 Å². The number of likely N-dealkylation sites (tertiary alicyclic amines) is 1. The van der Waals surface area contributed by atoms with E-state index in [-0.39, 0.29) is 24.4 Å². The fourth-order valence-electron chi connectivity index (χ4n) is 5.55. The Morgan fingerprint density at radius 1 is 1.00 bits per heavy atom. The van der Waals surface area contributed by atoms with E-state index in [1.807, 2.05) is 47.4 Å². The highest BCUT2D eigenvalue weighted by molar-refractivity contribution is 6.07. The van der Waals surface area contributed by atoms with E-state index in [0.29, 0.717) is 19.4 Å². The van der Waals surface area contributed by atoms with Crippen molar-refractivity contribution in [2.45, 2.75) is 45.3 Å². The number of para-hydroxylation sites is 2. The molecule has 3 heterocycles. The predicted octanol–water partition coefficient (Wildman–Crippen LogP) is 4.04. The van der Waals surface area contributed by atoms with E-state index in [0.717, 1.165) is 47.8 Å². The Labute approximate surface area is 212 Å². The number of methoxy groups -OCH3 is 1. The summed E-state index contributed by atoms with van der Waals surface area (Å²) < 4.78 is 7.39. The van der Waals surface area contributed by atoms with Crippen molar-refractivity contribution in [3.8, 4) is 5.75 Å². The van der Waals surface area contributed by atoms with Gasteiger partial charge in [0.2, 0.25) is 0 Å². The molecule has 3 amide bonds. The summed E-state index contributed by atoms with van der Waals surface area (Å²) in [5, 5.41) is 0. The maximum Gasteiger partial charge on any atom is 0.327 e. The molecular formula is C28H35N5O3. The van der Waals surface area contributed by atoms with Crippen LogP contribution < -0.4 is 4.74 Å². The molecule has 0 N–H and O–H groups in total. The van der Waals surface area contributed by atoms with Gasteiger partial charge in [-0.1, -0.05) is 38.1 Å². The number of imide groups is 1. The first-order chi connectivity index (χ1) is 17.3. The fraction of sp³-hybridized carbons (Fsp3) is 0.464. The van der Waals surface area contributed by atoms with Gasteiger partial charge in [0.25, 0.3) is 5.91 Å². The van der Waals surface area contributed by atoms with Crippen LogP contribution in [0.5, 0.6) is 5.75 Å². The first kappa shape index (κ1) is 24.3. The molecule has 190 valence electrons. The van der Waals surface area contributed by atoms with Crippen LogP contribution in [0.2, 0.25) is 0 Å². The van der Waals surface area contributed by atoms with Crippen LogP contribution in [0.25, 0.3) is 11.0 Å². The van der Waals surface area contributed by atoms with Crippen LogP contribution in [-0.4, -0.2) is 68.5 Å². The topological polar surface area (TPSA) is 70.9 Å². The number of aromatic nitrogens is 2. The molecule has 2 aromatic carbocycles. The molecule has 2 aliphatic heterocycles. The van der Waals surface area contributed by atoms with E-state index in [1.54, 1.807) is 7.11 Å². The van der Waals surface area contributed by atoms with Gasteiger partial charge in [-0.3, -0.25) is 14.6 Å². The normalized spacial score (nSPS) is 18.2. The van der Waals surface area contributed by atoms with Crippen molar-refractivity contribution in [1.29, 1.82) is 0 Å². The van der Waals surface area contributed by atoms with Crippen LogP contribution in [0, 0.1) is 5.92 Å². The molecule has 0 aliphatic carbocycles. The number of aryl methyl sites for hydroxylation is 1. The molecule has 1 spiro atoms. The van der Waals surface area contributed by atoms with Crippen molar-refractivity contribution in [2.75, 3.05) is 26.7 Å². The molecule has 8 heteroatoms. The number of urea groups is 1. The van der Waals surface area contributed by atoms with Crippen LogP contribution in [0.1, 0.15) is 38.1 Å². The number of amides is 3. The summed E-state index contributed by atoms with van der Waals surface area (Å²) in [4.78, 5) is 37.9. The molecule has 2 saturated heterocycles. The summed E-state index contributed by atoms with van der Waals surface area (Å²) in [6.07, 6.45) is 1.26. The molecule has 0 bridgehead atoms. The maximum atomic E-state index is 13.9. The Balaban J connectivity index is 1.33. The second-order valence-corrected chi connectivity index (χ2v) is 10.4. The summed E-state index contributed by atoms with van der Waals surface area (Å²) in [5.41, 5.74) is 2.27. The SMILES string of the molecule is COc1ccc(CN2C(=O)N(CC(C)C)C3(CCN(Cc4nc5ccccc5n4C)CC3)C2=O)cc1. The molecule has 2 fully saturated rings. The average Bonchev–Trinajstić information content (AvgIpc) is 3.29. The molecule has 0 saturated carbocycles. The largest absolute Gasteiger partial charge is 0.497 e. The minimum Gasteiger partial charge on any atom is -0.497 e. The second-order valence-electron chi connectivity index (χ2n) is 10.4. The van der Waals surface area contributed by atoms with Crippen LogP contribution in [0.15, 0.2) is 48.5 Å². The lowest BCUT2D eigenvalue weighted by Crippen LogP contribution is -2.57. The minimum atomic E-state index is -0.767. The zero-order valence-electron chi connectivity index (χ0n) is 21.6. The smallest absolute Gasteiger partial charge is 0.327 e. The molecule has 3 aromatic rings. The van der Waals surface area contributed by atoms with Crippen molar-refractivity contribution >= 4 is 23.0 Å². The fourth-order valence-corrected chi connectivity index (χ4v) is 5.55. The molecule has 8 nitrogen and oxygen atoms in total. The van der Waals surface area contributed by atoms with E-state index in [9.17, 15) is 9.59 Å². The number of rotatable bonds is 7. The molecule has 36 heavy (non-hydrogen) atoms. The average molecular weight is 490 g/mol. The number of hydrogen-bond acceptors (Lipinski definition) is 5. The summed E-state index contributed by atoms with van der Waals surface area (Å²) in [5.74, 6) is 1.98. The lowest BCUT2D eigenvalue weighted by molar-refractivity contribution is -0.136. The molecular weight excluding hydrogens is 454 g/mol. The van der Waals surface area contributed by atoms with Gasteiger partial charge in [-0.15, -0.1) is 0 Å². The van der Waals surface area contributed by atoms with Gasteiger partial charge in [0, 0.05) is 26.7 Å². The van der Waals surface area contributed by atoms with Crippen molar-refractivity contribution in [2.24, 2.45) is 13.0 Å². The number of hydrogen-bond donors (Lipinski definition) is 0. The van der Waals surface area contributed by atoms with Crippen molar-refractivity contribution < 1.29 is 14.3 Å². The Bertz CT molecular complexity index is 1260. The third kappa shape index (κ3) is 4.23. The first-order valence-corrected chi connectivity index (χ1v) is 12.7. The monoisotopic (exact) mass is 489 g/mol. The van der Waals surface area contributed by atoms with Gasteiger partial charge in [-0.05, 0) is 48.6 Å². The Hall–Kier alpha value is -3.39. The number of imidazole rings is 1. The molecule has 2 aliphatic rings. The number of nitrogens with zero attached hydrogens (tertiary/aromatic N) is 5. The highest BCUT2D eigenvalue weighted by Crippen LogP contribution is 2.39. The molecule has 5 rings (SSSR count). The van der Waals surface area contributed by atoms with Gasteiger partial charge < -0.3 is 14.2 Å². The molecule has 1 aromatic heterocycles. The van der Waals surface area contributed by atoms with Crippen LogP contribution in [0.4, 0.5) is 4.79 Å². The van der Waals surface area contributed by atoms with Crippen LogP contribution >= 0.6 is 0 Å². The molecule has 0 unspecified atom stereocenters. The zero-order chi connectivity index (χ0) is 25.4. The highest BCUT2D eigenvalue weighted by atomic mass is 16.5. The number of carbonyl (C=O) groups is 2. The lowest BCUT2D eigenvalue weighted by Gasteiger charge is -2.42. The molecule has 0 radical (unpaired) electrons. The quantitative estimate of drug-likeness (QED) is 0.469. The predicted molar refractivity (Wildman–Crippen MR) is 138 cm³/mol. The van der Waals surface area contributed by atoms with E-state index in [2.05, 4.69) is 36.4 Å². The van der Waals surface area contributed by atoms with Gasteiger partial charge in [-0.25, -0.2) is 9.78 Å². The van der Waals surface area contributed by atoms with E-state index >= 15 is 0 Å². The third-order valence-electron chi connectivity index (χ3n) is 7.60. The van der Waals surface area contributed by atoms with Crippen molar-refractivity contribution in [3.05, 3.63) is 59.9 Å². The summed E-state index contributed by atoms with van der Waals surface area (Å²) >= 11 is 0. The third-order valence-corrected chi connectivity index (χ3v) is 7.60. The second kappa shape index (κ2) is 9.58. The Morgan fingerprint density at radius 3 is 2.33 bits per heavy atom. The summed E-state index contributed by atoms with van der Waals surface area (Å²) in [6, 6.07) is 15.5. The number of fused-ring (bicyclic) bond motifs is 1. The lowest BCUT2D eigenvalue weighted by atomic mass is 9.85. The summed E-state index contributed by atoms with van der Waals surface area (Å²) in [6.45, 7) is 7.26. The summed E-state index contributed by atoms with van der Waals surface area (Å²) in [7, 11) is 3.68. The van der Waals surface area contributed by atoms with Gasteiger partial charge >= 0.3 is 6.03 Å². The number of carbonyl (C=O) groups excluding carboxylic acids is 2. The first-order valence-electron chi connectivity index (χ1n) is 12.7. The van der Waals surface area contributed by atoms with E-state index in [4.69, 9.17) is 9.72 Å². The van der Waals surface area contributed by atoms with E-state index < -0.39 is 5.54 Å². The van der Waals surface area contributed by atoms with Gasteiger partial charge in [0.05, 0.1) is 31.2 Å². The van der Waals surface area contributed by atoms with Crippen molar-refractivity contribution in [1.82, 2.24) is 24.3 Å². The van der Waals surface area contributed by atoms with Crippen molar-refractivity contribution in [3.63, 3.8) is 0 Å². The van der Waals surface area contributed by atoms with Crippen LogP contribution in [-0.2, 0) is 24.9 Å². The Morgan fingerprint density at radius 2 is 1.69 bits per heavy atom. The number of benzene rings is 2. The van der Waals surface area contributed by atoms with Crippen LogP contribution in [0.3, 0.4) is 0 Å². The zero-order valence-corrected chi connectivity index (χ0v) is 21.6. The standard InChI is InChI=1S/C28H35N5O3/c1-20(2)17-33-27(35)32(18-21-9-11-22(36-4)12-10-21)26(34)28(33)13-15-31(16-14-28)19-25-29-23-7-5-6-8-24(23)30(25)3/h5-12,20H,13-19H2,1-4H3. The van der Waals surface area contributed by atoms with E-state index in [1.165, 1.54) is 4.90 Å². The minimum absolute atomic E-state index is 0.0636. The Kier molecular flexibility index (Phi) is 6.47. The highest BCUT2D eigenvalue weighted by Gasteiger charge is 2.57. The molecule has 0 atom stereocenters.